The first kappa shape index (κ1) is 76.5. The van der Waals surface area contributed by atoms with Crippen molar-refractivity contribution in [2.24, 2.45) is 17.5 Å². The van der Waals surface area contributed by atoms with Crippen LogP contribution >= 0.6 is 0 Å². The molecule has 8 N–H and O–H groups in total. The lowest BCUT2D eigenvalue weighted by molar-refractivity contribution is -0.137. The Morgan fingerprint density at radius 3 is 0.965 bits per heavy atom. The molecule has 115 heavy (non-hydrogen) atoms. The highest BCUT2D eigenvalue weighted by Gasteiger charge is 2.41. The topological polar surface area (TPSA) is 351 Å². The molecule has 12 aliphatic rings. The van der Waals surface area contributed by atoms with Gasteiger partial charge in [0.2, 0.25) is 0 Å². The number of alkyl halides is 3. The number of hydrogen-bond acceptors (Lipinski definition) is 12. The van der Waals surface area contributed by atoms with E-state index >= 15 is 0 Å². The maximum absolute atomic E-state index is 13.9. The van der Waals surface area contributed by atoms with Crippen molar-refractivity contribution < 1.29 is 81.5 Å². The molecular weight excluding hydrogens is 1580 g/mol. The number of benzene rings is 8. The molecule has 0 saturated carbocycles. The van der Waals surface area contributed by atoms with Gasteiger partial charge in [-0.3, -0.25) is 19.2 Å². The van der Waals surface area contributed by atoms with Gasteiger partial charge in [-0.25, -0.2) is 68.1 Å². The summed E-state index contributed by atoms with van der Waals surface area (Å²) in [5.74, 6) is -5.40. The van der Waals surface area contributed by atoms with Crippen LogP contribution < -0.4 is 40.2 Å². The van der Waals surface area contributed by atoms with E-state index in [1.807, 2.05) is 0 Å². The highest BCUT2D eigenvalue weighted by Crippen LogP contribution is 2.45. The number of nitrogens with one attached hydrogen (secondary N) is 8. The smallest absolute Gasteiger partial charge is 0.307 e. The fourth-order valence-electron chi connectivity index (χ4n) is 18.0. The van der Waals surface area contributed by atoms with E-state index in [-0.39, 0.29) is 36.9 Å². The maximum atomic E-state index is 13.9. The zero-order chi connectivity index (χ0) is 80.4. The molecule has 0 spiro atoms. The minimum absolute atomic E-state index is 0.0394. The van der Waals surface area contributed by atoms with Crippen LogP contribution in [0.5, 0.6) is 0 Å². The Morgan fingerprint density at radius 1 is 0.313 bits per heavy atom. The summed E-state index contributed by atoms with van der Waals surface area (Å²) < 4.78 is 156. The van der Waals surface area contributed by atoms with Crippen LogP contribution in [0.15, 0.2) is 134 Å². The third-order valence-electron chi connectivity index (χ3n) is 22.9. The summed E-state index contributed by atoms with van der Waals surface area (Å²) >= 11 is 0. The molecule has 0 radical (unpaired) electrons. The summed E-state index contributed by atoms with van der Waals surface area (Å²) in [5, 5.41) is 11.4. The van der Waals surface area contributed by atoms with E-state index in [4.69, 9.17) is 0 Å². The van der Waals surface area contributed by atoms with Crippen LogP contribution in [-0.2, 0) is 149 Å². The molecule has 594 valence electrons. The van der Waals surface area contributed by atoms with E-state index in [9.17, 15) is 81.5 Å². The number of amides is 12. The first-order valence-electron chi connectivity index (χ1n) is 37.9. The molecule has 8 aromatic rings. The molecule has 0 aromatic heterocycles. The second-order valence-corrected chi connectivity index (χ2v) is 37.5. The van der Waals surface area contributed by atoms with Crippen molar-refractivity contribution in [1.82, 2.24) is 18.9 Å². The van der Waals surface area contributed by atoms with Crippen molar-refractivity contribution in [3.8, 4) is 0 Å². The maximum Gasteiger partial charge on any atom is 0.416 e. The lowest BCUT2D eigenvalue weighted by atomic mass is 9.99. The van der Waals surface area contributed by atoms with Gasteiger partial charge >= 0.3 is 30.3 Å². The number of halogens is 6. The number of urea groups is 4. The van der Waals surface area contributed by atoms with E-state index in [1.54, 1.807) is 0 Å². The normalized spacial score (nSPS) is 21.6. The van der Waals surface area contributed by atoms with Crippen LogP contribution in [0.2, 0.25) is 0 Å². The third kappa shape index (κ3) is 14.2. The van der Waals surface area contributed by atoms with Crippen LogP contribution in [0.4, 0.5) is 68.3 Å². The molecule has 8 aromatic carbocycles. The predicted octanol–water partition coefficient (Wildman–Crippen LogP) is 15.0. The van der Waals surface area contributed by atoms with Crippen LogP contribution in [0.3, 0.4) is 0 Å². The average molecular weight is 1650 g/mol. The number of fused-ring (bicyclic) bond motifs is 12. The summed E-state index contributed by atoms with van der Waals surface area (Å²) in [7, 11) is -14.5. The Labute approximate surface area is 656 Å². The number of carbonyl (C=O) groups is 8. The van der Waals surface area contributed by atoms with Crippen molar-refractivity contribution in [1.29, 1.82) is 0 Å². The van der Waals surface area contributed by atoms with Gasteiger partial charge in [-0.15, -0.1) is 17.5 Å². The van der Waals surface area contributed by atoms with E-state index in [0.717, 1.165) is 258 Å². The van der Waals surface area contributed by atoms with Crippen molar-refractivity contribution in [2.75, 3.05) is 21.3 Å². The van der Waals surface area contributed by atoms with Crippen LogP contribution in [-0.4, -0.2) is 64.6 Å². The molecular formula is C81H72F6N12O12S4. The van der Waals surface area contributed by atoms with Gasteiger partial charge < -0.3 is 21.3 Å². The summed E-state index contributed by atoms with van der Waals surface area (Å²) in [6.45, 7) is 0. The van der Waals surface area contributed by atoms with Gasteiger partial charge in [0.15, 0.2) is 39.7 Å². The molecule has 0 saturated heterocycles. The van der Waals surface area contributed by atoms with Gasteiger partial charge in [-0.05, 0) is 310 Å². The molecule has 4 heterocycles. The molecule has 4 aliphatic heterocycles. The fourth-order valence-corrected chi connectivity index (χ4v) is 24.4. The highest BCUT2D eigenvalue weighted by molar-refractivity contribution is 7.94. The number of nitrogens with zero attached hydrogens (tertiary/aromatic N) is 4. The lowest BCUT2D eigenvalue weighted by Crippen LogP contribution is -2.34. The van der Waals surface area contributed by atoms with Crippen LogP contribution in [0.1, 0.15) is 187 Å². The Morgan fingerprint density at radius 2 is 0.609 bits per heavy atom. The van der Waals surface area contributed by atoms with Gasteiger partial charge in [-0.2, -0.15) is 13.2 Å². The first-order valence-corrected chi connectivity index (χ1v) is 43.9. The van der Waals surface area contributed by atoms with E-state index in [1.165, 1.54) is 68.8 Å². The number of anilines is 4. The molecule has 4 atom stereocenters. The van der Waals surface area contributed by atoms with Crippen LogP contribution in [0.25, 0.3) is 0 Å². The van der Waals surface area contributed by atoms with Crippen LogP contribution in [0, 0.1) is 17.5 Å². The Kier molecular flexibility index (Phi) is 19.5. The number of hydrogen-bond donors (Lipinski definition) is 8. The minimum atomic E-state index is -4.69. The molecule has 4 unspecified atom stereocenters. The van der Waals surface area contributed by atoms with E-state index < -0.39 is 122 Å². The Hall–Kier alpha value is -11.1. The zero-order valence-electron chi connectivity index (χ0n) is 61.3. The molecule has 0 bridgehead atoms. The predicted molar refractivity (Wildman–Crippen MR) is 414 cm³/mol. The molecule has 12 amide bonds. The van der Waals surface area contributed by atoms with Gasteiger partial charge in [0.05, 0.1) is 47.4 Å². The second-order valence-electron chi connectivity index (χ2n) is 30.0. The Bertz CT molecular complexity index is 6100. The quantitative estimate of drug-likeness (QED) is 0.0658. The standard InChI is InChI=1S/C21H18F3N3O3S.3C20H18FN3O3S/c22-21(23,24)13-7-8-16-17(10-13)31(30,26-19(16)28)27-20(29)25-18-14-5-1-3-11(14)9-12-4-2-6-15(12)18;21-15-8-3-9-16-17(15)19(25)23-28(16,27)24-20(26)22-18-13-6-1-4-11(13)10-12-5-2-7-14(12)18;21-13-7-8-17-16(10-13)19(25)23-28(17,27)24-20(26)22-18-14-5-1-3-11(14)9-12-4-2-6-15(12)18;21-13-7-8-16-17(10-13)28(27,23-19(16)25)24-20(26)22-18-14-5-1-3-11(14)9-12-4-2-6-15(12)18/h7-10H,1-6H2,(H2,25,26,27,28,29,30);3,8-10H,1-2,4-7H2,(H2,22,23,24,25,26,27);2*7-10H,1-6H2,(H2,22,23,24,25,26,27). The third-order valence-corrected chi connectivity index (χ3v) is 30.2. The largest absolute Gasteiger partial charge is 0.416 e. The summed E-state index contributed by atoms with van der Waals surface area (Å²) in [6.07, 6.45) is 18.4. The molecule has 24 nitrogen and oxygen atoms in total. The van der Waals surface area contributed by atoms with Gasteiger partial charge in [-0.1, -0.05) is 30.3 Å². The van der Waals surface area contributed by atoms with Gasteiger partial charge in [0, 0.05) is 22.7 Å². The zero-order valence-corrected chi connectivity index (χ0v) is 64.6. The Balaban J connectivity index is 0.000000111. The van der Waals surface area contributed by atoms with E-state index in [0.29, 0.717) is 11.8 Å². The lowest BCUT2D eigenvalue weighted by Gasteiger charge is -2.17. The van der Waals surface area contributed by atoms with Gasteiger partial charge in [0.25, 0.3) is 23.6 Å². The molecule has 20 rings (SSSR count). The molecule has 34 heteroatoms. The minimum Gasteiger partial charge on any atom is -0.307 e. The fraction of sp³-hybridized carbons (Fsp3) is 0.309. The summed E-state index contributed by atoms with van der Waals surface area (Å²) in [5.41, 5.74) is 20.3. The van der Waals surface area contributed by atoms with Crippen molar-refractivity contribution in [3.05, 3.63) is 231 Å². The first-order chi connectivity index (χ1) is 55.0. The number of rotatable bonds is 8. The van der Waals surface area contributed by atoms with Crippen molar-refractivity contribution in [3.63, 3.8) is 0 Å². The molecule has 0 fully saturated rings. The number of carbonyl (C=O) groups excluding carboxylic acids is 8. The second kappa shape index (κ2) is 29.3. The summed E-state index contributed by atoms with van der Waals surface area (Å²) in [6, 6.07) is 18.8. The molecule has 8 aliphatic carbocycles. The van der Waals surface area contributed by atoms with Gasteiger partial charge in [0.1, 0.15) is 17.5 Å². The average Bonchev–Trinajstić information content (AvgIpc) is 1.61. The summed E-state index contributed by atoms with van der Waals surface area (Å²) in [4.78, 5) is 98.4. The number of aryl methyl sites for hydroxylation is 8. The highest BCUT2D eigenvalue weighted by atomic mass is 32.2. The SMILES string of the molecule is O=C(Nc1c2c(cc3c1CCC3)CCC2)NS1(=O)=NC(=O)c2c(F)cccc21.O=C(Nc1c2c(cc3c1CCC3)CCC2)NS1(=O)=NC(=O)c2cc(F)ccc21.O=C(Nc1c2c(cc3c1CCC3)CCC2)NS1(=O)=NC(=O)c2ccc(C(F)(F)F)cc21.O=C(Nc1c2c(cc3c1CCC3)CCC2)NS1(=O)=NC(=O)c2ccc(F)cc21. The van der Waals surface area contributed by atoms with Crippen molar-refractivity contribution >= 4 is 110 Å². The van der Waals surface area contributed by atoms with E-state index in [2.05, 4.69) is 81.9 Å². The van der Waals surface area contributed by atoms with Crippen molar-refractivity contribution in [2.45, 2.75) is 180 Å². The monoisotopic (exact) mass is 1650 g/mol.